The lowest BCUT2D eigenvalue weighted by molar-refractivity contribution is 0.0600. The Labute approximate surface area is 82.9 Å². The van der Waals surface area contributed by atoms with E-state index in [4.69, 9.17) is 5.26 Å². The third kappa shape index (κ3) is 1.60. The van der Waals surface area contributed by atoms with Gasteiger partial charge in [0.1, 0.15) is 0 Å². The zero-order valence-electron chi connectivity index (χ0n) is 8.42. The Morgan fingerprint density at radius 3 is 2.57 bits per heavy atom. The molecule has 0 saturated carbocycles. The minimum absolute atomic E-state index is 0.404. The van der Waals surface area contributed by atoms with Crippen LogP contribution in [0, 0.1) is 25.2 Å². The van der Waals surface area contributed by atoms with Crippen LogP contribution in [0.1, 0.15) is 27.0 Å². The van der Waals surface area contributed by atoms with Crippen LogP contribution in [0.5, 0.6) is 0 Å². The average molecular weight is 189 g/mol. The van der Waals surface area contributed by atoms with Gasteiger partial charge >= 0.3 is 5.97 Å². The minimum atomic E-state index is -0.404. The summed E-state index contributed by atoms with van der Waals surface area (Å²) in [6.45, 7) is 3.59. The van der Waals surface area contributed by atoms with Crippen LogP contribution < -0.4 is 0 Å². The van der Waals surface area contributed by atoms with E-state index in [1.165, 1.54) is 7.11 Å². The molecular formula is C11H11NO2. The van der Waals surface area contributed by atoms with Crippen LogP contribution in [-0.2, 0) is 4.74 Å². The molecule has 0 aliphatic heterocycles. The van der Waals surface area contributed by atoms with Crippen LogP contribution in [0.15, 0.2) is 12.1 Å². The molecule has 0 saturated heterocycles. The van der Waals surface area contributed by atoms with E-state index in [1.54, 1.807) is 19.1 Å². The summed E-state index contributed by atoms with van der Waals surface area (Å²) in [7, 11) is 1.33. The molecule has 0 heterocycles. The molecule has 0 unspecified atom stereocenters. The quantitative estimate of drug-likeness (QED) is 0.634. The highest BCUT2D eigenvalue weighted by atomic mass is 16.5. The molecule has 0 aliphatic carbocycles. The van der Waals surface area contributed by atoms with Gasteiger partial charge in [0, 0.05) is 0 Å². The number of carbonyl (C=O) groups is 1. The van der Waals surface area contributed by atoms with Gasteiger partial charge < -0.3 is 4.74 Å². The van der Waals surface area contributed by atoms with E-state index in [1.807, 2.05) is 6.92 Å². The summed E-state index contributed by atoms with van der Waals surface area (Å²) in [5.41, 5.74) is 2.56. The van der Waals surface area contributed by atoms with Gasteiger partial charge in [0.15, 0.2) is 0 Å². The van der Waals surface area contributed by atoms with Crippen LogP contribution in [0.4, 0.5) is 0 Å². The van der Waals surface area contributed by atoms with Gasteiger partial charge in [-0.2, -0.15) is 5.26 Å². The van der Waals surface area contributed by atoms with E-state index >= 15 is 0 Å². The number of rotatable bonds is 1. The molecule has 1 rings (SSSR count). The van der Waals surface area contributed by atoms with E-state index in [-0.39, 0.29) is 0 Å². The Hall–Kier alpha value is -1.82. The fourth-order valence-corrected chi connectivity index (χ4v) is 1.35. The highest BCUT2D eigenvalue weighted by molar-refractivity contribution is 5.91. The van der Waals surface area contributed by atoms with Crippen molar-refractivity contribution in [2.45, 2.75) is 13.8 Å². The second-order valence-corrected chi connectivity index (χ2v) is 3.03. The normalized spacial score (nSPS) is 9.29. The molecule has 0 N–H and O–H groups in total. The molecule has 0 aromatic heterocycles. The first kappa shape index (κ1) is 10.3. The van der Waals surface area contributed by atoms with Gasteiger partial charge in [-0.3, -0.25) is 0 Å². The summed E-state index contributed by atoms with van der Waals surface area (Å²) in [5.74, 6) is -0.404. The smallest absolute Gasteiger partial charge is 0.338 e. The zero-order chi connectivity index (χ0) is 10.7. The number of ether oxygens (including phenoxy) is 1. The van der Waals surface area contributed by atoms with Crippen LogP contribution in [0.25, 0.3) is 0 Å². The lowest BCUT2D eigenvalue weighted by Gasteiger charge is -2.07. The highest BCUT2D eigenvalue weighted by Crippen LogP contribution is 2.17. The Kier molecular flexibility index (Phi) is 2.88. The number of benzene rings is 1. The van der Waals surface area contributed by atoms with Crippen LogP contribution in [-0.4, -0.2) is 13.1 Å². The number of aryl methyl sites for hydroxylation is 1. The lowest BCUT2D eigenvalue weighted by Crippen LogP contribution is -2.05. The molecule has 0 spiro atoms. The van der Waals surface area contributed by atoms with Crippen molar-refractivity contribution < 1.29 is 9.53 Å². The third-order valence-corrected chi connectivity index (χ3v) is 2.19. The van der Waals surface area contributed by atoms with Crippen molar-refractivity contribution in [2.75, 3.05) is 7.11 Å². The molecule has 0 aliphatic rings. The van der Waals surface area contributed by atoms with E-state index in [9.17, 15) is 4.79 Å². The molecule has 3 nitrogen and oxygen atoms in total. The molecule has 0 bridgehead atoms. The summed E-state index contributed by atoms with van der Waals surface area (Å²) < 4.78 is 4.61. The van der Waals surface area contributed by atoms with Crippen molar-refractivity contribution >= 4 is 5.97 Å². The zero-order valence-corrected chi connectivity index (χ0v) is 8.42. The maximum absolute atomic E-state index is 11.3. The first-order valence-corrected chi connectivity index (χ1v) is 4.20. The molecule has 0 radical (unpaired) electrons. The molecule has 0 fully saturated rings. The standard InChI is InChI=1S/C11H11NO2/c1-7-4-5-9(11(13)14-3)8(2)10(7)6-12/h4-5H,1-3H3. The van der Waals surface area contributed by atoms with Gasteiger partial charge in [0.05, 0.1) is 24.3 Å². The van der Waals surface area contributed by atoms with Crippen molar-refractivity contribution in [3.63, 3.8) is 0 Å². The minimum Gasteiger partial charge on any atom is -0.465 e. The first-order valence-electron chi connectivity index (χ1n) is 4.20. The number of carbonyl (C=O) groups excluding carboxylic acids is 1. The van der Waals surface area contributed by atoms with Crippen LogP contribution >= 0.6 is 0 Å². The van der Waals surface area contributed by atoms with Gasteiger partial charge in [-0.1, -0.05) is 6.07 Å². The summed E-state index contributed by atoms with van der Waals surface area (Å²) in [6, 6.07) is 5.50. The van der Waals surface area contributed by atoms with Crippen molar-refractivity contribution in [3.8, 4) is 6.07 Å². The number of nitriles is 1. The van der Waals surface area contributed by atoms with Crippen molar-refractivity contribution in [2.24, 2.45) is 0 Å². The predicted octanol–water partition coefficient (Wildman–Crippen LogP) is 1.96. The largest absolute Gasteiger partial charge is 0.465 e. The van der Waals surface area contributed by atoms with E-state index in [2.05, 4.69) is 10.8 Å². The molecule has 1 aromatic carbocycles. The summed E-state index contributed by atoms with van der Waals surface area (Å²) >= 11 is 0. The monoisotopic (exact) mass is 189 g/mol. The number of esters is 1. The molecule has 0 atom stereocenters. The van der Waals surface area contributed by atoms with Crippen molar-refractivity contribution in [3.05, 3.63) is 34.4 Å². The molecule has 14 heavy (non-hydrogen) atoms. The summed E-state index contributed by atoms with van der Waals surface area (Å²) in [5, 5.41) is 8.88. The fraction of sp³-hybridized carbons (Fsp3) is 0.273. The Morgan fingerprint density at radius 1 is 1.43 bits per heavy atom. The first-order chi connectivity index (χ1) is 6.61. The maximum Gasteiger partial charge on any atom is 0.338 e. The molecular weight excluding hydrogens is 178 g/mol. The van der Waals surface area contributed by atoms with Crippen molar-refractivity contribution in [1.29, 1.82) is 5.26 Å². The van der Waals surface area contributed by atoms with E-state index in [0.717, 1.165) is 5.56 Å². The lowest BCUT2D eigenvalue weighted by atomic mass is 9.99. The summed E-state index contributed by atoms with van der Waals surface area (Å²) in [6.07, 6.45) is 0. The second kappa shape index (κ2) is 3.93. The fourth-order valence-electron chi connectivity index (χ4n) is 1.35. The second-order valence-electron chi connectivity index (χ2n) is 3.03. The molecule has 1 aromatic rings. The van der Waals surface area contributed by atoms with Crippen LogP contribution in [0.2, 0.25) is 0 Å². The van der Waals surface area contributed by atoms with Gasteiger partial charge in [0.25, 0.3) is 0 Å². The maximum atomic E-state index is 11.3. The van der Waals surface area contributed by atoms with Crippen LogP contribution in [0.3, 0.4) is 0 Å². The SMILES string of the molecule is COC(=O)c1ccc(C)c(C#N)c1C. The Balaban J connectivity index is 3.37. The van der Waals surface area contributed by atoms with E-state index in [0.29, 0.717) is 16.7 Å². The van der Waals surface area contributed by atoms with Gasteiger partial charge in [-0.05, 0) is 31.0 Å². The van der Waals surface area contributed by atoms with Gasteiger partial charge in [-0.25, -0.2) is 4.79 Å². The highest BCUT2D eigenvalue weighted by Gasteiger charge is 2.13. The average Bonchev–Trinajstić information content (AvgIpc) is 2.18. The van der Waals surface area contributed by atoms with Crippen molar-refractivity contribution in [1.82, 2.24) is 0 Å². The molecule has 72 valence electrons. The number of hydrogen-bond acceptors (Lipinski definition) is 3. The Bertz CT molecular complexity index is 416. The van der Waals surface area contributed by atoms with Gasteiger partial charge in [0.2, 0.25) is 0 Å². The molecule has 0 amide bonds. The number of nitrogens with zero attached hydrogens (tertiary/aromatic N) is 1. The molecule has 3 heteroatoms. The van der Waals surface area contributed by atoms with Gasteiger partial charge in [-0.15, -0.1) is 0 Å². The number of methoxy groups -OCH3 is 1. The topological polar surface area (TPSA) is 50.1 Å². The third-order valence-electron chi connectivity index (χ3n) is 2.19. The van der Waals surface area contributed by atoms with E-state index < -0.39 is 5.97 Å². The Morgan fingerprint density at radius 2 is 2.07 bits per heavy atom. The summed E-state index contributed by atoms with van der Waals surface area (Å²) in [4.78, 5) is 11.3. The predicted molar refractivity (Wildman–Crippen MR) is 52.0 cm³/mol. The number of hydrogen-bond donors (Lipinski definition) is 0.